The molecule has 2 N–H and O–H groups in total. The highest BCUT2D eigenvalue weighted by atomic mass is 16.5. The Hall–Kier alpha value is -1.46. The van der Waals surface area contributed by atoms with Gasteiger partial charge in [-0.25, -0.2) is 4.98 Å². The number of ether oxygens (including phenoxy) is 1. The van der Waals surface area contributed by atoms with E-state index >= 15 is 0 Å². The van der Waals surface area contributed by atoms with Gasteiger partial charge in [-0.1, -0.05) is 6.07 Å². The van der Waals surface area contributed by atoms with Gasteiger partial charge in [0, 0.05) is 19.7 Å². The van der Waals surface area contributed by atoms with Crippen LogP contribution in [-0.4, -0.2) is 37.7 Å². The first-order valence-corrected chi connectivity index (χ1v) is 6.28. The SMILES string of the molecule is COCCNC(=O)c1cccc([C@H]2CCCN2)n1. The van der Waals surface area contributed by atoms with E-state index in [-0.39, 0.29) is 11.9 Å². The van der Waals surface area contributed by atoms with E-state index in [9.17, 15) is 4.79 Å². The second-order valence-electron chi connectivity index (χ2n) is 4.35. The van der Waals surface area contributed by atoms with Gasteiger partial charge in [0.25, 0.3) is 5.91 Å². The summed E-state index contributed by atoms with van der Waals surface area (Å²) in [4.78, 5) is 16.3. The molecule has 0 saturated carbocycles. The summed E-state index contributed by atoms with van der Waals surface area (Å²) < 4.78 is 4.89. The van der Waals surface area contributed by atoms with Crippen molar-refractivity contribution in [2.75, 3.05) is 26.8 Å². The van der Waals surface area contributed by atoms with Gasteiger partial charge >= 0.3 is 0 Å². The number of aromatic nitrogens is 1. The third-order valence-corrected chi connectivity index (χ3v) is 3.01. The van der Waals surface area contributed by atoms with E-state index in [1.165, 1.54) is 0 Å². The molecule has 18 heavy (non-hydrogen) atoms. The molecule has 1 fully saturated rings. The van der Waals surface area contributed by atoms with Crippen molar-refractivity contribution in [3.63, 3.8) is 0 Å². The van der Waals surface area contributed by atoms with Gasteiger partial charge in [-0.2, -0.15) is 0 Å². The molecule has 1 aromatic rings. The van der Waals surface area contributed by atoms with Crippen LogP contribution in [0.3, 0.4) is 0 Å². The first-order valence-electron chi connectivity index (χ1n) is 6.28. The molecule has 98 valence electrons. The normalized spacial score (nSPS) is 18.8. The van der Waals surface area contributed by atoms with Crippen LogP contribution in [0.25, 0.3) is 0 Å². The lowest BCUT2D eigenvalue weighted by Gasteiger charge is -2.11. The molecule has 1 atom stereocenters. The number of hydrogen-bond donors (Lipinski definition) is 2. The second-order valence-corrected chi connectivity index (χ2v) is 4.35. The number of hydrogen-bond acceptors (Lipinski definition) is 4. The molecule has 1 saturated heterocycles. The van der Waals surface area contributed by atoms with Crippen LogP contribution in [0.15, 0.2) is 18.2 Å². The summed E-state index contributed by atoms with van der Waals surface area (Å²) in [6.07, 6.45) is 2.25. The zero-order valence-corrected chi connectivity index (χ0v) is 10.6. The number of nitrogens with zero attached hydrogens (tertiary/aromatic N) is 1. The highest BCUT2D eigenvalue weighted by Gasteiger charge is 2.18. The molecule has 1 aliphatic rings. The van der Waals surface area contributed by atoms with Crippen LogP contribution in [0.2, 0.25) is 0 Å². The standard InChI is InChI=1S/C13H19N3O2/c1-18-9-8-15-13(17)12-5-2-4-11(16-12)10-6-3-7-14-10/h2,4-5,10,14H,3,6-9H2,1H3,(H,15,17)/t10-/m1/s1. The summed E-state index contributed by atoms with van der Waals surface area (Å²) in [7, 11) is 1.61. The number of nitrogens with one attached hydrogen (secondary N) is 2. The molecule has 0 spiro atoms. The quantitative estimate of drug-likeness (QED) is 0.760. The van der Waals surface area contributed by atoms with Gasteiger partial charge in [0.2, 0.25) is 0 Å². The Kier molecular flexibility index (Phi) is 4.66. The lowest BCUT2D eigenvalue weighted by molar-refractivity contribution is 0.0932. The second kappa shape index (κ2) is 6.47. The highest BCUT2D eigenvalue weighted by Crippen LogP contribution is 2.21. The smallest absolute Gasteiger partial charge is 0.269 e. The van der Waals surface area contributed by atoms with E-state index in [1.807, 2.05) is 12.1 Å². The zero-order valence-electron chi connectivity index (χ0n) is 10.6. The fraction of sp³-hybridized carbons (Fsp3) is 0.538. The van der Waals surface area contributed by atoms with Crippen LogP contribution in [0.4, 0.5) is 0 Å². The maximum absolute atomic E-state index is 11.8. The van der Waals surface area contributed by atoms with E-state index in [0.717, 1.165) is 25.1 Å². The minimum atomic E-state index is -0.146. The third kappa shape index (κ3) is 3.27. The summed E-state index contributed by atoms with van der Waals surface area (Å²) >= 11 is 0. The van der Waals surface area contributed by atoms with Gasteiger partial charge in [-0.15, -0.1) is 0 Å². The van der Waals surface area contributed by atoms with Crippen molar-refractivity contribution in [1.82, 2.24) is 15.6 Å². The van der Waals surface area contributed by atoms with Crippen LogP contribution in [0.5, 0.6) is 0 Å². The average Bonchev–Trinajstić information content (AvgIpc) is 2.93. The Morgan fingerprint density at radius 3 is 3.22 bits per heavy atom. The van der Waals surface area contributed by atoms with Crippen molar-refractivity contribution >= 4 is 5.91 Å². The summed E-state index contributed by atoms with van der Waals surface area (Å²) in [6.45, 7) is 2.04. The predicted octanol–water partition coefficient (Wildman–Crippen LogP) is 0.882. The van der Waals surface area contributed by atoms with Gasteiger partial charge in [0.1, 0.15) is 5.69 Å². The van der Waals surface area contributed by atoms with Gasteiger partial charge in [-0.05, 0) is 31.5 Å². The summed E-state index contributed by atoms with van der Waals surface area (Å²) in [5.41, 5.74) is 1.42. The molecule has 2 heterocycles. The zero-order chi connectivity index (χ0) is 12.8. The molecule has 0 aliphatic carbocycles. The number of amides is 1. The van der Waals surface area contributed by atoms with E-state index < -0.39 is 0 Å². The Labute approximate surface area is 107 Å². The van der Waals surface area contributed by atoms with E-state index in [4.69, 9.17) is 4.74 Å². The molecule has 0 aromatic carbocycles. The largest absolute Gasteiger partial charge is 0.383 e. The first-order chi connectivity index (χ1) is 8.81. The van der Waals surface area contributed by atoms with E-state index in [0.29, 0.717) is 18.8 Å². The lowest BCUT2D eigenvalue weighted by atomic mass is 10.1. The molecule has 1 aromatic heterocycles. The van der Waals surface area contributed by atoms with E-state index in [2.05, 4.69) is 15.6 Å². The van der Waals surface area contributed by atoms with Gasteiger partial charge in [0.15, 0.2) is 0 Å². The summed E-state index contributed by atoms with van der Waals surface area (Å²) in [5, 5.41) is 6.15. The predicted molar refractivity (Wildman–Crippen MR) is 68.4 cm³/mol. The van der Waals surface area contributed by atoms with Crippen molar-refractivity contribution in [2.45, 2.75) is 18.9 Å². The topological polar surface area (TPSA) is 63.2 Å². The van der Waals surface area contributed by atoms with Crippen LogP contribution < -0.4 is 10.6 Å². The van der Waals surface area contributed by atoms with Crippen LogP contribution in [0, 0.1) is 0 Å². The van der Waals surface area contributed by atoms with Crippen LogP contribution in [0.1, 0.15) is 35.1 Å². The molecule has 1 amide bonds. The molecule has 1 aliphatic heterocycles. The van der Waals surface area contributed by atoms with Crippen molar-refractivity contribution in [3.05, 3.63) is 29.6 Å². The number of pyridine rings is 1. The van der Waals surface area contributed by atoms with Crippen molar-refractivity contribution in [3.8, 4) is 0 Å². The highest BCUT2D eigenvalue weighted by molar-refractivity contribution is 5.92. The Morgan fingerprint density at radius 1 is 1.61 bits per heavy atom. The minimum Gasteiger partial charge on any atom is -0.383 e. The maximum atomic E-state index is 11.8. The lowest BCUT2D eigenvalue weighted by Crippen LogP contribution is -2.28. The van der Waals surface area contributed by atoms with Crippen molar-refractivity contribution in [1.29, 1.82) is 0 Å². The number of methoxy groups -OCH3 is 1. The molecule has 2 rings (SSSR count). The first kappa shape index (κ1) is 13.0. The molecule has 0 bridgehead atoms. The Balaban J connectivity index is 1.99. The molecular formula is C13H19N3O2. The fourth-order valence-corrected chi connectivity index (χ4v) is 2.07. The molecule has 5 heteroatoms. The summed E-state index contributed by atoms with van der Waals surface area (Å²) in [5.74, 6) is -0.146. The average molecular weight is 249 g/mol. The van der Waals surface area contributed by atoms with Crippen molar-refractivity contribution in [2.24, 2.45) is 0 Å². The van der Waals surface area contributed by atoms with Crippen LogP contribution >= 0.6 is 0 Å². The molecule has 0 unspecified atom stereocenters. The van der Waals surface area contributed by atoms with Gasteiger partial charge in [-0.3, -0.25) is 4.79 Å². The number of carbonyl (C=O) groups is 1. The Bertz CT molecular complexity index is 403. The Morgan fingerprint density at radius 2 is 2.50 bits per heavy atom. The van der Waals surface area contributed by atoms with Crippen LogP contribution in [-0.2, 0) is 4.74 Å². The molecule has 0 radical (unpaired) electrons. The van der Waals surface area contributed by atoms with Gasteiger partial charge < -0.3 is 15.4 Å². The molecular weight excluding hydrogens is 230 g/mol. The molecule has 5 nitrogen and oxygen atoms in total. The van der Waals surface area contributed by atoms with Gasteiger partial charge in [0.05, 0.1) is 12.3 Å². The van der Waals surface area contributed by atoms with Crippen molar-refractivity contribution < 1.29 is 9.53 Å². The number of carbonyl (C=O) groups excluding carboxylic acids is 1. The van der Waals surface area contributed by atoms with E-state index in [1.54, 1.807) is 13.2 Å². The fourth-order valence-electron chi connectivity index (χ4n) is 2.07. The minimum absolute atomic E-state index is 0.146. The third-order valence-electron chi connectivity index (χ3n) is 3.01. The maximum Gasteiger partial charge on any atom is 0.269 e. The number of rotatable bonds is 5. The summed E-state index contributed by atoms with van der Waals surface area (Å²) in [6, 6.07) is 5.88. The monoisotopic (exact) mass is 249 g/mol.